The van der Waals surface area contributed by atoms with E-state index < -0.39 is 10.0 Å². The van der Waals surface area contributed by atoms with Crippen LogP contribution in [0, 0.1) is 6.92 Å². The van der Waals surface area contributed by atoms with Gasteiger partial charge in [-0.25, -0.2) is 18.4 Å². The van der Waals surface area contributed by atoms with Crippen molar-refractivity contribution >= 4 is 49.9 Å². The molecule has 0 bridgehead atoms. The number of hydrogen-bond acceptors (Lipinski definition) is 10. The maximum atomic E-state index is 12.9. The molecule has 1 aliphatic heterocycles. The maximum absolute atomic E-state index is 12.9. The molecule has 13 heteroatoms. The summed E-state index contributed by atoms with van der Waals surface area (Å²) in [5.74, 6) is 1.65. The molecule has 11 nitrogen and oxygen atoms in total. The number of nitrogens with zero attached hydrogens (tertiary/aromatic N) is 6. The number of nitrogens with one attached hydrogen (secondary N) is 2. The fraction of sp³-hybridized carbons (Fsp3) is 0.316. The minimum atomic E-state index is -3.67. The third-order valence-electron chi connectivity index (χ3n) is 4.72. The molecule has 1 amide bonds. The predicted molar refractivity (Wildman–Crippen MR) is 122 cm³/mol. The Labute approximate surface area is 189 Å². The number of thiazole rings is 1. The van der Waals surface area contributed by atoms with Crippen molar-refractivity contribution in [3.63, 3.8) is 0 Å². The minimum absolute atomic E-state index is 0.106. The molecule has 0 unspecified atom stereocenters. The van der Waals surface area contributed by atoms with Gasteiger partial charge in [-0.05, 0) is 31.2 Å². The number of hydrogen-bond donors (Lipinski definition) is 2. The van der Waals surface area contributed by atoms with Crippen LogP contribution in [-0.2, 0) is 14.8 Å². The summed E-state index contributed by atoms with van der Waals surface area (Å²) >= 11 is 0.941. The molecule has 3 aromatic rings. The van der Waals surface area contributed by atoms with Crippen LogP contribution in [-0.4, -0.2) is 65.0 Å². The second kappa shape index (κ2) is 9.14. The predicted octanol–water partition coefficient (Wildman–Crippen LogP) is 1.85. The SMILES string of the molecule is CC(=O)Nc1ncc(S(=O)(=O)N2CCN(c3ccc(Nc4cccc(C)n4)nn3)CC2)s1. The Bertz CT molecular complexity index is 1210. The van der Waals surface area contributed by atoms with Crippen molar-refractivity contribution in [3.05, 3.63) is 42.2 Å². The highest BCUT2D eigenvalue weighted by atomic mass is 32.2. The van der Waals surface area contributed by atoms with Crippen LogP contribution < -0.4 is 15.5 Å². The Morgan fingerprint density at radius 2 is 1.84 bits per heavy atom. The Morgan fingerprint density at radius 3 is 2.50 bits per heavy atom. The van der Waals surface area contributed by atoms with E-state index in [2.05, 4.69) is 30.8 Å². The molecule has 32 heavy (non-hydrogen) atoms. The molecule has 0 radical (unpaired) electrons. The third kappa shape index (κ3) is 5.00. The number of pyridine rings is 1. The first-order valence-electron chi connectivity index (χ1n) is 9.84. The number of amides is 1. The Morgan fingerprint density at radius 1 is 1.06 bits per heavy atom. The van der Waals surface area contributed by atoms with Crippen LogP contribution in [0.5, 0.6) is 0 Å². The van der Waals surface area contributed by atoms with E-state index in [1.807, 2.05) is 42.2 Å². The van der Waals surface area contributed by atoms with Crippen molar-refractivity contribution in [1.29, 1.82) is 0 Å². The van der Waals surface area contributed by atoms with Crippen molar-refractivity contribution in [3.8, 4) is 0 Å². The number of carbonyl (C=O) groups excluding carboxylic acids is 1. The van der Waals surface area contributed by atoms with Gasteiger partial charge in [0.2, 0.25) is 5.91 Å². The van der Waals surface area contributed by atoms with Gasteiger partial charge in [-0.1, -0.05) is 17.4 Å². The van der Waals surface area contributed by atoms with E-state index in [9.17, 15) is 13.2 Å². The minimum Gasteiger partial charge on any atom is -0.352 e. The summed E-state index contributed by atoms with van der Waals surface area (Å²) in [5, 5.41) is 14.4. The monoisotopic (exact) mass is 474 g/mol. The van der Waals surface area contributed by atoms with E-state index in [4.69, 9.17) is 0 Å². The quantitative estimate of drug-likeness (QED) is 0.549. The molecule has 0 aromatic carbocycles. The zero-order chi connectivity index (χ0) is 22.7. The molecule has 2 N–H and O–H groups in total. The second-order valence-electron chi connectivity index (χ2n) is 7.12. The van der Waals surface area contributed by atoms with Gasteiger partial charge in [0.05, 0.1) is 6.20 Å². The molecule has 0 aliphatic carbocycles. The first-order chi connectivity index (χ1) is 15.3. The number of anilines is 4. The number of rotatable bonds is 6. The van der Waals surface area contributed by atoms with Gasteiger partial charge in [-0.3, -0.25) is 4.79 Å². The fourth-order valence-corrected chi connectivity index (χ4v) is 5.83. The summed E-state index contributed by atoms with van der Waals surface area (Å²) in [7, 11) is -3.67. The van der Waals surface area contributed by atoms with Gasteiger partial charge in [0.15, 0.2) is 21.0 Å². The molecule has 1 aliphatic rings. The van der Waals surface area contributed by atoms with E-state index >= 15 is 0 Å². The maximum Gasteiger partial charge on any atom is 0.254 e. The summed E-state index contributed by atoms with van der Waals surface area (Å²) in [6.45, 7) is 4.85. The second-order valence-corrected chi connectivity index (χ2v) is 10.3. The zero-order valence-electron chi connectivity index (χ0n) is 17.5. The lowest BCUT2D eigenvalue weighted by atomic mass is 10.3. The molecule has 0 atom stereocenters. The number of piperazine rings is 1. The first kappa shape index (κ1) is 22.0. The Balaban J connectivity index is 1.37. The largest absolute Gasteiger partial charge is 0.352 e. The van der Waals surface area contributed by atoms with Gasteiger partial charge in [0.1, 0.15) is 5.82 Å². The normalized spacial score (nSPS) is 14.9. The number of sulfonamides is 1. The van der Waals surface area contributed by atoms with Gasteiger partial charge in [-0.15, -0.1) is 10.2 Å². The van der Waals surface area contributed by atoms with Crippen LogP contribution in [0.15, 0.2) is 40.7 Å². The summed E-state index contributed by atoms with van der Waals surface area (Å²) < 4.78 is 27.3. The molecular weight excluding hydrogens is 452 g/mol. The topological polar surface area (TPSA) is 133 Å². The lowest BCUT2D eigenvalue weighted by Crippen LogP contribution is -2.48. The van der Waals surface area contributed by atoms with Crippen LogP contribution in [0.2, 0.25) is 0 Å². The summed E-state index contributed by atoms with van der Waals surface area (Å²) in [4.78, 5) is 21.5. The Kier molecular flexibility index (Phi) is 6.30. The lowest BCUT2D eigenvalue weighted by molar-refractivity contribution is -0.114. The highest BCUT2D eigenvalue weighted by Crippen LogP contribution is 2.27. The average Bonchev–Trinajstić information content (AvgIpc) is 3.23. The van der Waals surface area contributed by atoms with Crippen LogP contribution in [0.1, 0.15) is 12.6 Å². The molecule has 4 heterocycles. The molecule has 168 valence electrons. The van der Waals surface area contributed by atoms with Gasteiger partial charge in [-0.2, -0.15) is 4.31 Å². The van der Waals surface area contributed by atoms with E-state index in [0.717, 1.165) is 17.0 Å². The summed E-state index contributed by atoms with van der Waals surface area (Å²) in [6, 6.07) is 9.34. The number of carbonyl (C=O) groups is 1. The van der Waals surface area contributed by atoms with Crippen molar-refractivity contribution in [1.82, 2.24) is 24.5 Å². The summed E-state index contributed by atoms with van der Waals surface area (Å²) in [5.41, 5.74) is 0.900. The standard InChI is InChI=1S/C19H22N8O3S2/c1-13-4-3-5-15(21-13)23-16-6-7-17(25-24-16)26-8-10-27(11-9-26)32(29,30)18-12-20-19(31-18)22-14(2)28/h3-7,12H,8-11H2,1-2H3,(H,20,22,28)(H,21,23,24). The van der Waals surface area contributed by atoms with E-state index in [1.54, 1.807) is 0 Å². The van der Waals surface area contributed by atoms with Crippen LogP contribution in [0.3, 0.4) is 0 Å². The molecule has 1 saturated heterocycles. The lowest BCUT2D eigenvalue weighted by Gasteiger charge is -2.34. The number of aromatic nitrogens is 4. The van der Waals surface area contributed by atoms with Gasteiger partial charge in [0.25, 0.3) is 10.0 Å². The van der Waals surface area contributed by atoms with Crippen LogP contribution in [0.25, 0.3) is 0 Å². The third-order valence-corrected chi connectivity index (χ3v) is 7.97. The van der Waals surface area contributed by atoms with Crippen molar-refractivity contribution in [2.75, 3.05) is 41.7 Å². The molecule has 1 fully saturated rings. The van der Waals surface area contributed by atoms with Gasteiger partial charge < -0.3 is 15.5 Å². The van der Waals surface area contributed by atoms with E-state index in [-0.39, 0.29) is 15.2 Å². The molecule has 4 rings (SSSR count). The van der Waals surface area contributed by atoms with E-state index in [0.29, 0.717) is 43.6 Å². The van der Waals surface area contributed by atoms with Crippen molar-refractivity contribution in [2.45, 2.75) is 18.1 Å². The Hall–Kier alpha value is -3.16. The van der Waals surface area contributed by atoms with Gasteiger partial charge >= 0.3 is 0 Å². The van der Waals surface area contributed by atoms with Crippen LogP contribution in [0.4, 0.5) is 22.6 Å². The zero-order valence-corrected chi connectivity index (χ0v) is 19.2. The number of aryl methyl sites for hydroxylation is 1. The van der Waals surface area contributed by atoms with Gasteiger partial charge in [0, 0.05) is 38.8 Å². The first-order valence-corrected chi connectivity index (χ1v) is 12.1. The highest BCUT2D eigenvalue weighted by Gasteiger charge is 2.30. The molecule has 0 saturated carbocycles. The van der Waals surface area contributed by atoms with Crippen molar-refractivity contribution < 1.29 is 13.2 Å². The molecule has 0 spiro atoms. The van der Waals surface area contributed by atoms with E-state index in [1.165, 1.54) is 17.4 Å². The smallest absolute Gasteiger partial charge is 0.254 e. The molecule has 3 aromatic heterocycles. The van der Waals surface area contributed by atoms with Crippen LogP contribution >= 0.6 is 11.3 Å². The van der Waals surface area contributed by atoms with Crippen molar-refractivity contribution in [2.24, 2.45) is 0 Å². The average molecular weight is 475 g/mol. The fourth-order valence-electron chi connectivity index (χ4n) is 3.18. The molecular formula is C19H22N8O3S2. The highest BCUT2D eigenvalue weighted by molar-refractivity contribution is 7.91. The summed E-state index contributed by atoms with van der Waals surface area (Å²) in [6.07, 6.45) is 1.28.